The molecule has 0 saturated heterocycles. The van der Waals surface area contributed by atoms with Crippen molar-refractivity contribution >= 4 is 28.8 Å². The maximum Gasteiger partial charge on any atom is 0.161 e. The first-order valence-electron chi connectivity index (χ1n) is 6.37. The zero-order valence-corrected chi connectivity index (χ0v) is 12.1. The minimum Gasteiger partial charge on any atom is -0.352 e. The van der Waals surface area contributed by atoms with Crippen LogP contribution in [0, 0.1) is 5.82 Å². The molecular weight excluding hydrogens is 277 g/mol. The first-order valence-corrected chi connectivity index (χ1v) is 6.75. The summed E-state index contributed by atoms with van der Waals surface area (Å²) in [6.07, 6.45) is 0.564. The quantitative estimate of drug-likeness (QED) is 0.804. The molecule has 0 radical (unpaired) electrons. The van der Waals surface area contributed by atoms with Crippen LogP contribution in [-0.2, 0) is 6.42 Å². The van der Waals surface area contributed by atoms with Crippen molar-refractivity contribution in [3.05, 3.63) is 58.4 Å². The zero-order valence-electron chi connectivity index (χ0n) is 11.3. The van der Waals surface area contributed by atoms with Crippen LogP contribution in [-0.4, -0.2) is 5.78 Å². The number of Topliss-reactive ketones (excluding diaryl/α,β-unsaturated/α-hetero) is 1. The Balaban J connectivity index is 2.50. The molecule has 0 amide bonds. The molecule has 0 saturated carbocycles. The van der Waals surface area contributed by atoms with Crippen molar-refractivity contribution in [1.29, 1.82) is 0 Å². The largest absolute Gasteiger partial charge is 0.352 e. The molecule has 2 aromatic carbocycles. The predicted octanol–water partition coefficient (Wildman–Crippen LogP) is 4.99. The fourth-order valence-corrected chi connectivity index (χ4v) is 2.21. The van der Waals surface area contributed by atoms with Crippen LogP contribution in [0.2, 0.25) is 5.02 Å². The van der Waals surface area contributed by atoms with Gasteiger partial charge < -0.3 is 5.32 Å². The number of anilines is 2. The highest BCUT2D eigenvalue weighted by Gasteiger charge is 2.15. The van der Waals surface area contributed by atoms with Gasteiger partial charge in [0.15, 0.2) is 11.6 Å². The summed E-state index contributed by atoms with van der Waals surface area (Å²) >= 11 is 5.91. The van der Waals surface area contributed by atoms with Crippen molar-refractivity contribution in [2.45, 2.75) is 20.3 Å². The topological polar surface area (TPSA) is 29.1 Å². The molecule has 2 nitrogen and oxygen atoms in total. The molecule has 1 N–H and O–H groups in total. The van der Waals surface area contributed by atoms with Crippen LogP contribution in [0.4, 0.5) is 15.8 Å². The number of nitrogens with one attached hydrogen (secondary N) is 1. The lowest BCUT2D eigenvalue weighted by molar-refractivity contribution is 0.101. The minimum atomic E-state index is -0.389. The Morgan fingerprint density at radius 2 is 2.05 bits per heavy atom. The van der Waals surface area contributed by atoms with E-state index in [0.717, 1.165) is 0 Å². The SMILES string of the molecule is CCc1ccc(C(C)=O)c(Nc2cccc(Cl)c2)c1F. The summed E-state index contributed by atoms with van der Waals surface area (Å²) in [5.41, 5.74) is 1.76. The van der Waals surface area contributed by atoms with Crippen molar-refractivity contribution in [2.75, 3.05) is 5.32 Å². The molecule has 20 heavy (non-hydrogen) atoms. The second-order valence-electron chi connectivity index (χ2n) is 4.51. The number of carbonyl (C=O) groups excluding carboxylic acids is 1. The highest BCUT2D eigenvalue weighted by atomic mass is 35.5. The Kier molecular flexibility index (Phi) is 4.40. The van der Waals surface area contributed by atoms with Gasteiger partial charge >= 0.3 is 0 Å². The summed E-state index contributed by atoms with van der Waals surface area (Å²) in [6, 6.07) is 10.3. The molecule has 0 bridgehead atoms. The van der Waals surface area contributed by atoms with Crippen molar-refractivity contribution in [1.82, 2.24) is 0 Å². The van der Waals surface area contributed by atoms with E-state index >= 15 is 0 Å². The smallest absolute Gasteiger partial charge is 0.161 e. The van der Waals surface area contributed by atoms with Crippen LogP contribution in [0.1, 0.15) is 29.8 Å². The molecule has 0 aliphatic rings. The maximum absolute atomic E-state index is 14.4. The van der Waals surface area contributed by atoms with Crippen LogP contribution in [0.15, 0.2) is 36.4 Å². The number of hydrogen-bond acceptors (Lipinski definition) is 2. The van der Waals surface area contributed by atoms with Gasteiger partial charge in [0.25, 0.3) is 0 Å². The molecule has 0 fully saturated rings. The van der Waals surface area contributed by atoms with E-state index in [9.17, 15) is 9.18 Å². The van der Waals surface area contributed by atoms with Crippen molar-refractivity contribution in [3.8, 4) is 0 Å². The molecule has 0 spiro atoms. The molecular formula is C16H15ClFNO. The second kappa shape index (κ2) is 6.06. The van der Waals surface area contributed by atoms with Crippen LogP contribution in [0.5, 0.6) is 0 Å². The Labute approximate surface area is 122 Å². The molecule has 2 rings (SSSR count). The van der Waals surface area contributed by atoms with Crippen LogP contribution in [0.25, 0.3) is 0 Å². The number of halogens is 2. The van der Waals surface area contributed by atoms with Crippen molar-refractivity contribution < 1.29 is 9.18 Å². The molecule has 0 unspecified atom stereocenters. The number of benzene rings is 2. The highest BCUT2D eigenvalue weighted by Crippen LogP contribution is 2.28. The third-order valence-corrected chi connectivity index (χ3v) is 3.31. The third-order valence-electron chi connectivity index (χ3n) is 3.08. The Bertz CT molecular complexity index is 655. The maximum atomic E-state index is 14.4. The van der Waals surface area contributed by atoms with Gasteiger partial charge in [-0.1, -0.05) is 30.7 Å². The zero-order chi connectivity index (χ0) is 14.7. The number of carbonyl (C=O) groups is 1. The summed E-state index contributed by atoms with van der Waals surface area (Å²) in [5, 5.41) is 3.51. The van der Waals surface area contributed by atoms with Gasteiger partial charge in [0, 0.05) is 16.3 Å². The molecule has 4 heteroatoms. The van der Waals surface area contributed by atoms with Crippen LogP contribution >= 0.6 is 11.6 Å². The Morgan fingerprint density at radius 3 is 2.65 bits per heavy atom. The average Bonchev–Trinajstić information content (AvgIpc) is 2.40. The predicted molar refractivity (Wildman–Crippen MR) is 80.5 cm³/mol. The summed E-state index contributed by atoms with van der Waals surface area (Å²) < 4.78 is 14.4. The first kappa shape index (κ1) is 14.5. The molecule has 0 heterocycles. The summed E-state index contributed by atoms with van der Waals surface area (Å²) in [7, 11) is 0. The average molecular weight is 292 g/mol. The number of rotatable bonds is 4. The van der Waals surface area contributed by atoms with Gasteiger partial charge in [0.05, 0.1) is 5.69 Å². The summed E-state index contributed by atoms with van der Waals surface area (Å²) in [6.45, 7) is 3.29. The standard InChI is InChI=1S/C16H15ClFNO/c1-3-11-7-8-14(10(2)20)16(15(11)18)19-13-6-4-5-12(17)9-13/h4-9,19H,3H2,1-2H3. The minimum absolute atomic E-state index is 0.184. The van der Waals surface area contributed by atoms with E-state index in [0.29, 0.717) is 28.3 Å². The number of ketones is 1. The second-order valence-corrected chi connectivity index (χ2v) is 4.94. The highest BCUT2D eigenvalue weighted by molar-refractivity contribution is 6.30. The Hall–Kier alpha value is -1.87. The lowest BCUT2D eigenvalue weighted by Gasteiger charge is -2.14. The van der Waals surface area contributed by atoms with Crippen molar-refractivity contribution in [2.24, 2.45) is 0 Å². The number of hydrogen-bond donors (Lipinski definition) is 1. The monoisotopic (exact) mass is 291 g/mol. The molecule has 2 aromatic rings. The van der Waals surface area contributed by atoms with E-state index in [1.54, 1.807) is 36.4 Å². The van der Waals surface area contributed by atoms with E-state index < -0.39 is 0 Å². The van der Waals surface area contributed by atoms with Gasteiger partial charge in [-0.25, -0.2) is 4.39 Å². The van der Waals surface area contributed by atoms with E-state index in [-0.39, 0.29) is 17.3 Å². The molecule has 0 aliphatic heterocycles. The van der Waals surface area contributed by atoms with E-state index in [1.807, 2.05) is 6.92 Å². The van der Waals surface area contributed by atoms with E-state index in [1.165, 1.54) is 6.92 Å². The molecule has 104 valence electrons. The normalized spacial score (nSPS) is 10.4. The summed E-state index contributed by atoms with van der Waals surface area (Å²) in [5.74, 6) is -0.573. The van der Waals surface area contributed by atoms with Gasteiger partial charge in [-0.3, -0.25) is 4.79 Å². The fraction of sp³-hybridized carbons (Fsp3) is 0.188. The van der Waals surface area contributed by atoms with Gasteiger partial charge in [0.2, 0.25) is 0 Å². The van der Waals surface area contributed by atoms with Crippen LogP contribution in [0.3, 0.4) is 0 Å². The van der Waals surface area contributed by atoms with Crippen LogP contribution < -0.4 is 5.32 Å². The third kappa shape index (κ3) is 2.99. The first-order chi connectivity index (χ1) is 9.52. The molecule has 0 aromatic heterocycles. The Morgan fingerprint density at radius 1 is 1.30 bits per heavy atom. The van der Waals surface area contributed by atoms with E-state index in [2.05, 4.69) is 5.32 Å². The fourth-order valence-electron chi connectivity index (χ4n) is 2.02. The van der Waals surface area contributed by atoms with Gasteiger partial charge in [-0.2, -0.15) is 0 Å². The summed E-state index contributed by atoms with van der Waals surface area (Å²) in [4.78, 5) is 11.6. The van der Waals surface area contributed by atoms with Gasteiger partial charge in [-0.05, 0) is 43.2 Å². The molecule has 0 atom stereocenters. The number of aryl methyl sites for hydroxylation is 1. The van der Waals surface area contributed by atoms with E-state index in [4.69, 9.17) is 11.6 Å². The van der Waals surface area contributed by atoms with Gasteiger partial charge in [-0.15, -0.1) is 0 Å². The van der Waals surface area contributed by atoms with Crippen molar-refractivity contribution in [3.63, 3.8) is 0 Å². The molecule has 0 aliphatic carbocycles. The van der Waals surface area contributed by atoms with Gasteiger partial charge in [0.1, 0.15) is 0 Å². The lowest BCUT2D eigenvalue weighted by atomic mass is 10.0. The lowest BCUT2D eigenvalue weighted by Crippen LogP contribution is -2.05.